The number of hydrogen-bond donors (Lipinski definition) is 2. The molecule has 1 aromatic rings. The van der Waals surface area contributed by atoms with Gasteiger partial charge in [-0.2, -0.15) is 0 Å². The molecule has 33 heavy (non-hydrogen) atoms. The number of piperazine rings is 1. The summed E-state index contributed by atoms with van der Waals surface area (Å²) in [4.78, 5) is 32.5. The molecule has 4 rings (SSSR count). The highest BCUT2D eigenvalue weighted by Gasteiger charge is 2.45. The molecular formula is C22H31ClN4O6. The number of hydrogen-bond acceptors (Lipinski definition) is 8. The number of carboxylic acid groups (broad SMARTS) is 1. The lowest BCUT2D eigenvalue weighted by atomic mass is 9.85. The van der Waals surface area contributed by atoms with Gasteiger partial charge in [-0.1, -0.05) is 11.6 Å². The Kier molecular flexibility index (Phi) is 6.61. The number of carbonyl (C=O) groups excluding carboxylic acids is 1. The Bertz CT molecular complexity index is 917. The number of amides is 1. The summed E-state index contributed by atoms with van der Waals surface area (Å²) < 4.78 is 16.8. The Labute approximate surface area is 198 Å². The fourth-order valence-electron chi connectivity index (χ4n) is 4.39. The molecule has 3 fully saturated rings. The summed E-state index contributed by atoms with van der Waals surface area (Å²) in [7, 11) is 0. The molecule has 1 atom stereocenters. The summed E-state index contributed by atoms with van der Waals surface area (Å²) in [5, 5.41) is 13.4. The second-order valence-corrected chi connectivity index (χ2v) is 10.4. The molecular weight excluding hydrogens is 452 g/mol. The lowest BCUT2D eigenvalue weighted by molar-refractivity contribution is -0.0985. The van der Waals surface area contributed by atoms with Crippen molar-refractivity contribution in [2.75, 3.05) is 57.4 Å². The van der Waals surface area contributed by atoms with Crippen LogP contribution in [0.1, 0.15) is 37.6 Å². The van der Waals surface area contributed by atoms with Gasteiger partial charge in [-0.15, -0.1) is 0 Å². The largest absolute Gasteiger partial charge is 0.491 e. The zero-order chi connectivity index (χ0) is 23.8. The van der Waals surface area contributed by atoms with Gasteiger partial charge in [0.1, 0.15) is 34.5 Å². The molecule has 0 aromatic carbocycles. The van der Waals surface area contributed by atoms with Gasteiger partial charge < -0.3 is 34.4 Å². The van der Waals surface area contributed by atoms with Crippen LogP contribution < -0.4 is 15.0 Å². The molecule has 3 aliphatic heterocycles. The van der Waals surface area contributed by atoms with Crippen LogP contribution in [-0.4, -0.2) is 91.2 Å². The third-order valence-corrected chi connectivity index (χ3v) is 6.24. The van der Waals surface area contributed by atoms with Gasteiger partial charge in [0.25, 0.3) is 0 Å². The normalized spacial score (nSPS) is 22.2. The van der Waals surface area contributed by atoms with Gasteiger partial charge in [-0.3, -0.25) is 0 Å². The van der Waals surface area contributed by atoms with Crippen molar-refractivity contribution >= 4 is 29.5 Å². The number of ether oxygens (including phenoxy) is 3. The summed E-state index contributed by atoms with van der Waals surface area (Å²) in [5.41, 5.74) is -0.511. The SMILES string of the molecule is CC(C)(C)OC(=O)N1CCN[C@@H](COc2cc(Cl)nc(N3CCC4(COC4)C3)c2C(=O)O)C1. The van der Waals surface area contributed by atoms with Crippen molar-refractivity contribution in [3.8, 4) is 5.75 Å². The van der Waals surface area contributed by atoms with Gasteiger partial charge in [0, 0.05) is 44.2 Å². The molecule has 11 heteroatoms. The van der Waals surface area contributed by atoms with Crippen molar-refractivity contribution in [1.82, 2.24) is 15.2 Å². The van der Waals surface area contributed by atoms with E-state index in [0.717, 1.165) is 6.42 Å². The van der Waals surface area contributed by atoms with Crippen molar-refractivity contribution in [3.63, 3.8) is 0 Å². The van der Waals surface area contributed by atoms with Crippen molar-refractivity contribution in [2.24, 2.45) is 5.41 Å². The molecule has 0 bridgehead atoms. The summed E-state index contributed by atoms with van der Waals surface area (Å²) in [6, 6.07) is 1.24. The minimum Gasteiger partial charge on any atom is -0.491 e. The number of pyridine rings is 1. The van der Waals surface area contributed by atoms with Crippen LogP contribution in [-0.2, 0) is 9.47 Å². The molecule has 0 aliphatic carbocycles. The topological polar surface area (TPSA) is 113 Å². The lowest BCUT2D eigenvalue weighted by Gasteiger charge is -2.37. The number of rotatable bonds is 5. The van der Waals surface area contributed by atoms with E-state index >= 15 is 0 Å². The summed E-state index contributed by atoms with van der Waals surface area (Å²) in [5.74, 6) is -0.637. The fraction of sp³-hybridized carbons (Fsp3) is 0.682. The van der Waals surface area contributed by atoms with E-state index in [2.05, 4.69) is 10.3 Å². The second-order valence-electron chi connectivity index (χ2n) is 10.00. The van der Waals surface area contributed by atoms with Gasteiger partial charge in [0.2, 0.25) is 0 Å². The number of carboxylic acids is 1. The number of carbonyl (C=O) groups is 2. The summed E-state index contributed by atoms with van der Waals surface area (Å²) >= 11 is 6.25. The molecule has 10 nitrogen and oxygen atoms in total. The van der Waals surface area contributed by atoms with Crippen molar-refractivity contribution in [1.29, 1.82) is 0 Å². The summed E-state index contributed by atoms with van der Waals surface area (Å²) in [6.45, 7) is 9.85. The first-order valence-electron chi connectivity index (χ1n) is 11.2. The Morgan fingerprint density at radius 1 is 1.36 bits per heavy atom. The minimum atomic E-state index is -1.12. The number of aromatic nitrogens is 1. The quantitative estimate of drug-likeness (QED) is 0.610. The number of aromatic carboxylic acids is 1. The molecule has 3 aliphatic rings. The van der Waals surface area contributed by atoms with E-state index in [-0.39, 0.29) is 40.6 Å². The Balaban J connectivity index is 1.46. The number of nitrogens with zero attached hydrogens (tertiary/aromatic N) is 3. The molecule has 1 spiro atoms. The van der Waals surface area contributed by atoms with E-state index in [1.54, 1.807) is 4.90 Å². The maximum absolute atomic E-state index is 12.4. The van der Waals surface area contributed by atoms with Gasteiger partial charge in [0.05, 0.1) is 19.3 Å². The first kappa shape index (κ1) is 23.8. The maximum Gasteiger partial charge on any atom is 0.410 e. The standard InChI is InChI=1S/C22H31ClN4O6/c1-21(2,3)33-20(30)26-7-5-24-14(9-26)10-32-15-8-16(23)25-18(17(15)19(28)29)27-6-4-22(11-27)12-31-13-22/h8,14,24H,4-7,9-13H2,1-3H3,(H,28,29)/t14-/m1/s1. The van der Waals surface area contributed by atoms with Crippen LogP contribution in [0, 0.1) is 5.41 Å². The second kappa shape index (κ2) is 9.15. The summed E-state index contributed by atoms with van der Waals surface area (Å²) in [6.07, 6.45) is 0.542. The van der Waals surface area contributed by atoms with E-state index in [4.69, 9.17) is 25.8 Å². The van der Waals surface area contributed by atoms with Crippen LogP contribution >= 0.6 is 11.6 Å². The monoisotopic (exact) mass is 482 g/mol. The zero-order valence-corrected chi connectivity index (χ0v) is 20.0. The maximum atomic E-state index is 12.4. The Morgan fingerprint density at radius 2 is 2.12 bits per heavy atom. The molecule has 2 N–H and O–H groups in total. The molecule has 182 valence electrons. The van der Waals surface area contributed by atoms with E-state index in [0.29, 0.717) is 51.8 Å². The third-order valence-electron chi connectivity index (χ3n) is 6.05. The van der Waals surface area contributed by atoms with Crippen molar-refractivity contribution in [2.45, 2.75) is 38.8 Å². The van der Waals surface area contributed by atoms with Crippen LogP contribution in [0.3, 0.4) is 0 Å². The molecule has 1 amide bonds. The van der Waals surface area contributed by atoms with Crippen molar-refractivity contribution in [3.05, 3.63) is 16.8 Å². The average molecular weight is 483 g/mol. The molecule has 0 radical (unpaired) electrons. The van der Waals surface area contributed by atoms with Gasteiger partial charge in [-0.25, -0.2) is 14.6 Å². The first-order valence-corrected chi connectivity index (χ1v) is 11.5. The lowest BCUT2D eigenvalue weighted by Crippen LogP contribution is -2.55. The molecule has 4 heterocycles. The average Bonchev–Trinajstić information content (AvgIpc) is 3.17. The van der Waals surface area contributed by atoms with Crippen LogP contribution in [0.5, 0.6) is 5.75 Å². The third kappa shape index (κ3) is 5.44. The van der Waals surface area contributed by atoms with E-state index in [1.165, 1.54) is 6.07 Å². The van der Waals surface area contributed by atoms with Gasteiger partial charge in [-0.05, 0) is 27.2 Å². The van der Waals surface area contributed by atoms with Crippen LogP contribution in [0.2, 0.25) is 5.15 Å². The zero-order valence-electron chi connectivity index (χ0n) is 19.2. The molecule has 0 saturated carbocycles. The van der Waals surface area contributed by atoms with E-state index in [9.17, 15) is 14.7 Å². The Hall–Kier alpha value is -2.30. The molecule has 3 saturated heterocycles. The van der Waals surface area contributed by atoms with E-state index in [1.807, 2.05) is 25.7 Å². The van der Waals surface area contributed by atoms with Crippen LogP contribution in [0.25, 0.3) is 0 Å². The highest BCUT2D eigenvalue weighted by Crippen LogP contribution is 2.41. The predicted molar refractivity (Wildman–Crippen MR) is 121 cm³/mol. The molecule has 1 aromatic heterocycles. The van der Waals surface area contributed by atoms with Crippen LogP contribution in [0.15, 0.2) is 6.07 Å². The van der Waals surface area contributed by atoms with Gasteiger partial charge >= 0.3 is 12.1 Å². The number of nitrogens with one attached hydrogen (secondary N) is 1. The van der Waals surface area contributed by atoms with E-state index < -0.39 is 11.6 Å². The minimum absolute atomic E-state index is 0.00324. The van der Waals surface area contributed by atoms with Crippen LogP contribution in [0.4, 0.5) is 10.6 Å². The predicted octanol–water partition coefficient (Wildman–Crippen LogP) is 2.25. The first-order chi connectivity index (χ1) is 15.6. The number of halogens is 1. The highest BCUT2D eigenvalue weighted by atomic mass is 35.5. The van der Waals surface area contributed by atoms with Gasteiger partial charge in [0.15, 0.2) is 0 Å². The van der Waals surface area contributed by atoms with Crippen molar-refractivity contribution < 1.29 is 28.9 Å². The molecule has 0 unspecified atom stereocenters. The fourth-order valence-corrected chi connectivity index (χ4v) is 4.56. The number of anilines is 1. The Morgan fingerprint density at radius 3 is 2.73 bits per heavy atom. The smallest absolute Gasteiger partial charge is 0.410 e. The highest BCUT2D eigenvalue weighted by molar-refractivity contribution is 6.29.